The SMILES string of the molecule is CCN(CC)S(=O)(=O)c1ccc(C)c(NC(=O)CN2CCN(c3cccc(OC)c3)CC2)c1. The van der Waals surface area contributed by atoms with Gasteiger partial charge in [-0.2, -0.15) is 4.31 Å². The number of aryl methyl sites for hydroxylation is 1. The van der Waals surface area contributed by atoms with Gasteiger partial charge in [-0.3, -0.25) is 9.69 Å². The van der Waals surface area contributed by atoms with Gasteiger partial charge in [0.2, 0.25) is 15.9 Å². The molecule has 0 radical (unpaired) electrons. The average Bonchev–Trinajstić information content (AvgIpc) is 2.81. The fraction of sp³-hybridized carbons (Fsp3) is 0.458. The lowest BCUT2D eigenvalue weighted by Crippen LogP contribution is -2.48. The van der Waals surface area contributed by atoms with E-state index in [2.05, 4.69) is 21.2 Å². The minimum Gasteiger partial charge on any atom is -0.497 e. The number of sulfonamides is 1. The summed E-state index contributed by atoms with van der Waals surface area (Å²) in [4.78, 5) is 17.3. The van der Waals surface area contributed by atoms with E-state index < -0.39 is 10.0 Å². The molecule has 0 spiro atoms. The number of carbonyl (C=O) groups excluding carboxylic acids is 1. The molecule has 0 bridgehead atoms. The molecule has 2 aromatic carbocycles. The van der Waals surface area contributed by atoms with Crippen LogP contribution >= 0.6 is 0 Å². The van der Waals surface area contributed by atoms with Crippen molar-refractivity contribution in [3.05, 3.63) is 48.0 Å². The minimum absolute atomic E-state index is 0.148. The Morgan fingerprint density at radius 3 is 2.39 bits per heavy atom. The van der Waals surface area contributed by atoms with Crippen LogP contribution in [-0.2, 0) is 14.8 Å². The van der Waals surface area contributed by atoms with Gasteiger partial charge in [-0.25, -0.2) is 8.42 Å². The number of nitrogens with zero attached hydrogens (tertiary/aromatic N) is 3. The van der Waals surface area contributed by atoms with Crippen LogP contribution in [0.4, 0.5) is 11.4 Å². The summed E-state index contributed by atoms with van der Waals surface area (Å²) in [5.74, 6) is 0.681. The maximum Gasteiger partial charge on any atom is 0.243 e. The molecule has 1 saturated heterocycles. The fourth-order valence-corrected chi connectivity index (χ4v) is 5.46. The Kier molecular flexibility index (Phi) is 8.34. The second kappa shape index (κ2) is 11.0. The molecule has 180 valence electrons. The van der Waals surface area contributed by atoms with Gasteiger partial charge in [0.05, 0.1) is 18.6 Å². The summed E-state index contributed by atoms with van der Waals surface area (Å²) in [6, 6.07) is 12.9. The standard InChI is InChI=1S/C24H34N4O4S/c1-5-28(6-2)33(30,31)22-11-10-19(3)23(17-22)25-24(29)18-26-12-14-27(15-13-26)20-8-7-9-21(16-20)32-4/h7-11,16-17H,5-6,12-15,18H2,1-4H3,(H,25,29). The molecular formula is C24H34N4O4S. The van der Waals surface area contributed by atoms with Crippen LogP contribution in [0.3, 0.4) is 0 Å². The van der Waals surface area contributed by atoms with Gasteiger partial charge in [-0.1, -0.05) is 26.0 Å². The normalized spacial score (nSPS) is 15.0. The van der Waals surface area contributed by atoms with Crippen LogP contribution < -0.4 is 15.0 Å². The molecule has 9 heteroatoms. The lowest BCUT2D eigenvalue weighted by atomic mass is 10.2. The van der Waals surface area contributed by atoms with E-state index >= 15 is 0 Å². The summed E-state index contributed by atoms with van der Waals surface area (Å²) < 4.78 is 32.4. The van der Waals surface area contributed by atoms with Crippen molar-refractivity contribution in [1.29, 1.82) is 0 Å². The molecule has 1 amide bonds. The van der Waals surface area contributed by atoms with E-state index in [1.54, 1.807) is 25.3 Å². The zero-order valence-corrected chi connectivity index (χ0v) is 20.7. The molecule has 1 aliphatic rings. The summed E-state index contributed by atoms with van der Waals surface area (Å²) >= 11 is 0. The van der Waals surface area contributed by atoms with E-state index in [0.717, 1.165) is 43.2 Å². The van der Waals surface area contributed by atoms with Gasteiger partial charge in [0.1, 0.15) is 5.75 Å². The first-order valence-corrected chi connectivity index (χ1v) is 12.7. The highest BCUT2D eigenvalue weighted by Crippen LogP contribution is 2.24. The number of rotatable bonds is 9. The van der Waals surface area contributed by atoms with Crippen molar-refractivity contribution >= 4 is 27.3 Å². The van der Waals surface area contributed by atoms with Crippen LogP contribution in [0.15, 0.2) is 47.4 Å². The molecule has 2 aromatic rings. The van der Waals surface area contributed by atoms with Crippen LogP contribution in [0.1, 0.15) is 19.4 Å². The third-order valence-electron chi connectivity index (χ3n) is 5.98. The molecule has 0 aliphatic carbocycles. The Bertz CT molecular complexity index is 1060. The van der Waals surface area contributed by atoms with Crippen molar-refractivity contribution in [1.82, 2.24) is 9.21 Å². The zero-order chi connectivity index (χ0) is 24.0. The van der Waals surface area contributed by atoms with E-state index in [9.17, 15) is 13.2 Å². The Morgan fingerprint density at radius 2 is 1.76 bits per heavy atom. The number of amides is 1. The van der Waals surface area contributed by atoms with Crippen molar-refractivity contribution in [3.63, 3.8) is 0 Å². The second-order valence-corrected chi connectivity index (χ2v) is 10.0. The number of nitrogens with one attached hydrogen (secondary N) is 1. The number of hydrogen-bond donors (Lipinski definition) is 1. The molecule has 0 unspecified atom stereocenters. The first-order valence-electron chi connectivity index (χ1n) is 11.3. The molecule has 1 N–H and O–H groups in total. The van der Waals surface area contributed by atoms with Crippen molar-refractivity contribution in [2.45, 2.75) is 25.7 Å². The smallest absolute Gasteiger partial charge is 0.243 e. The number of hydrogen-bond acceptors (Lipinski definition) is 6. The predicted octanol–water partition coefficient (Wildman–Crippen LogP) is 2.79. The van der Waals surface area contributed by atoms with Gasteiger partial charge in [0, 0.05) is 56.7 Å². The quantitative estimate of drug-likeness (QED) is 0.602. The Hall–Kier alpha value is -2.62. The first kappa shape index (κ1) is 25.0. The van der Waals surface area contributed by atoms with Gasteiger partial charge in [-0.15, -0.1) is 0 Å². The summed E-state index contributed by atoms with van der Waals surface area (Å²) in [5, 5.41) is 2.91. The molecule has 0 aromatic heterocycles. The number of carbonyl (C=O) groups is 1. The Balaban J connectivity index is 1.60. The molecular weight excluding hydrogens is 440 g/mol. The van der Waals surface area contributed by atoms with Crippen LogP contribution in [0, 0.1) is 6.92 Å². The van der Waals surface area contributed by atoms with Crippen molar-refractivity contribution in [3.8, 4) is 5.75 Å². The number of ether oxygens (including phenoxy) is 1. The molecule has 0 atom stereocenters. The first-order chi connectivity index (χ1) is 15.8. The minimum atomic E-state index is -3.58. The topological polar surface area (TPSA) is 82.2 Å². The van der Waals surface area contributed by atoms with E-state index in [1.807, 2.05) is 39.0 Å². The van der Waals surface area contributed by atoms with Gasteiger partial charge in [-0.05, 0) is 36.8 Å². The van der Waals surface area contributed by atoms with Gasteiger partial charge < -0.3 is 15.0 Å². The lowest BCUT2D eigenvalue weighted by molar-refractivity contribution is -0.117. The maximum atomic E-state index is 12.8. The molecule has 33 heavy (non-hydrogen) atoms. The van der Waals surface area contributed by atoms with Crippen molar-refractivity contribution < 1.29 is 17.9 Å². The van der Waals surface area contributed by atoms with Crippen LogP contribution in [0.5, 0.6) is 5.75 Å². The van der Waals surface area contributed by atoms with E-state index in [-0.39, 0.29) is 17.3 Å². The summed E-state index contributed by atoms with van der Waals surface area (Å²) in [6.45, 7) is 9.70. The summed E-state index contributed by atoms with van der Waals surface area (Å²) in [5.41, 5.74) is 2.47. The monoisotopic (exact) mass is 474 g/mol. The van der Waals surface area contributed by atoms with Crippen LogP contribution in [0.2, 0.25) is 0 Å². The maximum absolute atomic E-state index is 12.8. The zero-order valence-electron chi connectivity index (χ0n) is 19.9. The van der Waals surface area contributed by atoms with Gasteiger partial charge in [0.25, 0.3) is 0 Å². The third-order valence-corrected chi connectivity index (χ3v) is 8.03. The van der Waals surface area contributed by atoms with Gasteiger partial charge in [0.15, 0.2) is 0 Å². The number of piperazine rings is 1. The molecule has 3 rings (SSSR count). The summed E-state index contributed by atoms with van der Waals surface area (Å²) in [7, 11) is -1.93. The summed E-state index contributed by atoms with van der Waals surface area (Å²) in [6.07, 6.45) is 0. The highest BCUT2D eigenvalue weighted by atomic mass is 32.2. The highest BCUT2D eigenvalue weighted by Gasteiger charge is 2.23. The molecule has 1 fully saturated rings. The highest BCUT2D eigenvalue weighted by molar-refractivity contribution is 7.89. The van der Waals surface area contributed by atoms with Gasteiger partial charge >= 0.3 is 0 Å². The fourth-order valence-electron chi connectivity index (χ4n) is 3.97. The largest absolute Gasteiger partial charge is 0.497 e. The van der Waals surface area contributed by atoms with Crippen LogP contribution in [-0.4, -0.2) is 76.5 Å². The van der Waals surface area contributed by atoms with Crippen LogP contribution in [0.25, 0.3) is 0 Å². The average molecular weight is 475 g/mol. The van der Waals surface area contributed by atoms with Crippen molar-refractivity contribution in [2.24, 2.45) is 0 Å². The lowest BCUT2D eigenvalue weighted by Gasteiger charge is -2.35. The van der Waals surface area contributed by atoms with E-state index in [4.69, 9.17) is 4.74 Å². The molecule has 0 saturated carbocycles. The predicted molar refractivity (Wildman–Crippen MR) is 132 cm³/mol. The number of methoxy groups -OCH3 is 1. The number of anilines is 2. The third kappa shape index (κ3) is 6.04. The second-order valence-electron chi connectivity index (χ2n) is 8.08. The molecule has 1 heterocycles. The van der Waals surface area contributed by atoms with Crippen molar-refractivity contribution in [2.75, 3.05) is 63.1 Å². The Labute approximate surface area is 197 Å². The van der Waals surface area contributed by atoms with E-state index in [1.165, 1.54) is 4.31 Å². The Morgan fingerprint density at radius 1 is 1.06 bits per heavy atom. The van der Waals surface area contributed by atoms with E-state index in [0.29, 0.717) is 18.8 Å². The molecule has 1 aliphatic heterocycles. The number of benzene rings is 2. The molecule has 8 nitrogen and oxygen atoms in total.